The Bertz CT molecular complexity index is 566. The molecule has 3 rings (SSSR count). The molecule has 1 saturated carbocycles. The molecule has 1 aromatic rings. The average molecular weight is 339 g/mol. The van der Waals surface area contributed by atoms with Crippen LogP contribution < -0.4 is 5.73 Å². The lowest BCUT2D eigenvalue weighted by atomic mass is 9.69. The van der Waals surface area contributed by atoms with Crippen LogP contribution in [0.4, 0.5) is 0 Å². The van der Waals surface area contributed by atoms with Gasteiger partial charge in [-0.05, 0) is 42.9 Å². The van der Waals surface area contributed by atoms with E-state index in [1.807, 2.05) is 29.2 Å². The van der Waals surface area contributed by atoms with Crippen molar-refractivity contribution in [3.05, 3.63) is 35.4 Å². The highest BCUT2D eigenvalue weighted by Crippen LogP contribution is 2.44. The summed E-state index contributed by atoms with van der Waals surface area (Å²) >= 11 is 0. The van der Waals surface area contributed by atoms with Crippen molar-refractivity contribution < 1.29 is 9.90 Å². The van der Waals surface area contributed by atoms with Crippen LogP contribution in [-0.2, 0) is 6.54 Å². The number of rotatable bonds is 3. The van der Waals surface area contributed by atoms with Gasteiger partial charge in [-0.2, -0.15) is 0 Å². The molecule has 128 valence electrons. The van der Waals surface area contributed by atoms with E-state index in [-0.39, 0.29) is 24.2 Å². The van der Waals surface area contributed by atoms with Crippen LogP contribution in [-0.4, -0.2) is 34.6 Å². The largest absolute Gasteiger partial charge is 0.390 e. The SMILES string of the molecule is CC[C@@]1(O)CCC[C@@H]2CN(C(=O)c3cccc(CN)c3)C[C@@H]21.Cl. The molecular weight excluding hydrogens is 312 g/mol. The Morgan fingerprint density at radius 3 is 2.91 bits per heavy atom. The zero-order chi connectivity index (χ0) is 15.7. The lowest BCUT2D eigenvalue weighted by molar-refractivity contribution is -0.0609. The average Bonchev–Trinajstić information content (AvgIpc) is 3.00. The summed E-state index contributed by atoms with van der Waals surface area (Å²) in [6, 6.07) is 7.57. The number of carbonyl (C=O) groups is 1. The van der Waals surface area contributed by atoms with Gasteiger partial charge in [-0.3, -0.25) is 4.79 Å². The minimum atomic E-state index is -0.586. The Morgan fingerprint density at radius 1 is 1.43 bits per heavy atom. The molecule has 2 aliphatic rings. The topological polar surface area (TPSA) is 66.6 Å². The lowest BCUT2D eigenvalue weighted by Gasteiger charge is -2.40. The summed E-state index contributed by atoms with van der Waals surface area (Å²) in [6.45, 7) is 3.96. The maximum Gasteiger partial charge on any atom is 0.253 e. The minimum absolute atomic E-state index is 0. The number of hydrogen-bond donors (Lipinski definition) is 2. The number of hydrogen-bond acceptors (Lipinski definition) is 3. The van der Waals surface area contributed by atoms with Gasteiger partial charge in [0.05, 0.1) is 5.60 Å². The summed E-state index contributed by atoms with van der Waals surface area (Å²) in [5, 5.41) is 10.8. The Balaban J connectivity index is 0.00000192. The first-order chi connectivity index (χ1) is 10.6. The molecule has 0 radical (unpaired) electrons. The monoisotopic (exact) mass is 338 g/mol. The molecular formula is C18H27ClN2O2. The van der Waals surface area contributed by atoms with Gasteiger partial charge in [0.25, 0.3) is 5.91 Å². The summed E-state index contributed by atoms with van der Waals surface area (Å²) < 4.78 is 0. The maximum atomic E-state index is 12.8. The number of aliphatic hydroxyl groups is 1. The molecule has 4 nitrogen and oxygen atoms in total. The first-order valence-corrected chi connectivity index (χ1v) is 8.38. The van der Waals surface area contributed by atoms with Crippen LogP contribution in [0, 0.1) is 11.8 Å². The van der Waals surface area contributed by atoms with E-state index in [0.29, 0.717) is 24.6 Å². The molecule has 1 amide bonds. The summed E-state index contributed by atoms with van der Waals surface area (Å²) in [5.41, 5.74) is 6.77. The first-order valence-electron chi connectivity index (χ1n) is 8.38. The van der Waals surface area contributed by atoms with E-state index in [1.165, 1.54) is 0 Å². The molecule has 1 aliphatic heterocycles. The highest BCUT2D eigenvalue weighted by molar-refractivity contribution is 5.94. The van der Waals surface area contributed by atoms with Crippen molar-refractivity contribution in [2.45, 2.75) is 44.8 Å². The second-order valence-corrected chi connectivity index (χ2v) is 6.83. The normalized spacial score (nSPS) is 29.8. The van der Waals surface area contributed by atoms with Crippen LogP contribution in [0.5, 0.6) is 0 Å². The smallest absolute Gasteiger partial charge is 0.253 e. The molecule has 1 heterocycles. The van der Waals surface area contributed by atoms with Crippen LogP contribution in [0.25, 0.3) is 0 Å². The number of amides is 1. The van der Waals surface area contributed by atoms with Crippen molar-refractivity contribution in [1.82, 2.24) is 4.90 Å². The molecule has 0 unspecified atom stereocenters. The zero-order valence-electron chi connectivity index (χ0n) is 13.7. The summed E-state index contributed by atoms with van der Waals surface area (Å²) in [6.07, 6.45) is 3.84. The van der Waals surface area contributed by atoms with Crippen molar-refractivity contribution in [3.8, 4) is 0 Å². The fraction of sp³-hybridized carbons (Fsp3) is 0.611. The number of nitrogens with zero attached hydrogens (tertiary/aromatic N) is 1. The third kappa shape index (κ3) is 3.39. The first kappa shape index (κ1) is 18.2. The van der Waals surface area contributed by atoms with E-state index in [2.05, 4.69) is 6.92 Å². The molecule has 23 heavy (non-hydrogen) atoms. The van der Waals surface area contributed by atoms with Gasteiger partial charge in [-0.15, -0.1) is 12.4 Å². The van der Waals surface area contributed by atoms with E-state index in [0.717, 1.165) is 37.8 Å². The summed E-state index contributed by atoms with van der Waals surface area (Å²) in [4.78, 5) is 14.7. The van der Waals surface area contributed by atoms with Crippen LogP contribution >= 0.6 is 12.4 Å². The second kappa shape index (κ2) is 7.20. The predicted molar refractivity (Wildman–Crippen MR) is 93.6 cm³/mol. The van der Waals surface area contributed by atoms with E-state index in [1.54, 1.807) is 0 Å². The number of benzene rings is 1. The molecule has 2 fully saturated rings. The molecule has 3 N–H and O–H groups in total. The van der Waals surface area contributed by atoms with Crippen molar-refractivity contribution in [1.29, 1.82) is 0 Å². The van der Waals surface area contributed by atoms with Crippen molar-refractivity contribution in [2.75, 3.05) is 13.1 Å². The van der Waals surface area contributed by atoms with E-state index in [4.69, 9.17) is 5.73 Å². The van der Waals surface area contributed by atoms with E-state index >= 15 is 0 Å². The fourth-order valence-electron chi connectivity index (χ4n) is 4.25. The fourth-order valence-corrected chi connectivity index (χ4v) is 4.25. The van der Waals surface area contributed by atoms with Crippen molar-refractivity contribution in [3.63, 3.8) is 0 Å². The third-order valence-corrected chi connectivity index (χ3v) is 5.62. The van der Waals surface area contributed by atoms with Gasteiger partial charge < -0.3 is 15.7 Å². The Kier molecular flexibility index (Phi) is 5.71. The number of halogens is 1. The standard InChI is InChI=1S/C18H26N2O2.ClH/c1-2-18(22)8-4-7-15-11-20(12-16(15)18)17(21)14-6-3-5-13(9-14)10-19;/h3,5-6,9,15-16,22H,2,4,7-8,10-12,19H2,1H3;1H/t15-,16+,18-;/m1./s1. The van der Waals surface area contributed by atoms with Gasteiger partial charge in [0, 0.05) is 31.1 Å². The van der Waals surface area contributed by atoms with Gasteiger partial charge in [-0.25, -0.2) is 0 Å². The number of nitrogens with two attached hydrogens (primary N) is 1. The minimum Gasteiger partial charge on any atom is -0.390 e. The number of likely N-dealkylation sites (tertiary alicyclic amines) is 1. The van der Waals surface area contributed by atoms with E-state index < -0.39 is 5.60 Å². The molecule has 0 spiro atoms. The Hall–Kier alpha value is -1.10. The number of carbonyl (C=O) groups excluding carboxylic acids is 1. The zero-order valence-corrected chi connectivity index (χ0v) is 14.5. The van der Waals surface area contributed by atoms with Crippen LogP contribution in [0.1, 0.15) is 48.5 Å². The van der Waals surface area contributed by atoms with Gasteiger partial charge in [-0.1, -0.05) is 25.5 Å². The third-order valence-electron chi connectivity index (χ3n) is 5.62. The molecule has 1 aliphatic carbocycles. The van der Waals surface area contributed by atoms with Gasteiger partial charge in [0.2, 0.25) is 0 Å². The second-order valence-electron chi connectivity index (χ2n) is 6.83. The quantitative estimate of drug-likeness (QED) is 0.890. The Morgan fingerprint density at radius 2 is 2.22 bits per heavy atom. The molecule has 0 bridgehead atoms. The van der Waals surface area contributed by atoms with Crippen LogP contribution in [0.3, 0.4) is 0 Å². The molecule has 0 aromatic heterocycles. The van der Waals surface area contributed by atoms with Gasteiger partial charge in [0.1, 0.15) is 0 Å². The summed E-state index contributed by atoms with van der Waals surface area (Å²) in [7, 11) is 0. The lowest BCUT2D eigenvalue weighted by Crippen LogP contribution is -2.44. The highest BCUT2D eigenvalue weighted by atomic mass is 35.5. The highest BCUT2D eigenvalue weighted by Gasteiger charge is 2.48. The molecule has 1 aromatic carbocycles. The van der Waals surface area contributed by atoms with Gasteiger partial charge >= 0.3 is 0 Å². The van der Waals surface area contributed by atoms with E-state index in [9.17, 15) is 9.90 Å². The number of fused-ring (bicyclic) bond motifs is 1. The van der Waals surface area contributed by atoms with Crippen LogP contribution in [0.2, 0.25) is 0 Å². The Labute approximate surface area is 144 Å². The predicted octanol–water partition coefficient (Wildman–Crippen LogP) is 2.58. The van der Waals surface area contributed by atoms with Crippen LogP contribution in [0.15, 0.2) is 24.3 Å². The summed E-state index contributed by atoms with van der Waals surface area (Å²) in [5.74, 6) is 0.747. The van der Waals surface area contributed by atoms with Crippen molar-refractivity contribution >= 4 is 18.3 Å². The molecule has 1 saturated heterocycles. The molecule has 5 heteroatoms. The maximum absolute atomic E-state index is 12.8. The van der Waals surface area contributed by atoms with Crippen molar-refractivity contribution in [2.24, 2.45) is 17.6 Å². The molecule has 3 atom stereocenters. The van der Waals surface area contributed by atoms with Gasteiger partial charge in [0.15, 0.2) is 0 Å².